The molecule has 0 bridgehead atoms. The molecule has 3 unspecified atom stereocenters. The van der Waals surface area contributed by atoms with E-state index in [-0.39, 0.29) is 17.7 Å². The summed E-state index contributed by atoms with van der Waals surface area (Å²) in [5.41, 5.74) is -0.121. The number of nitrogens with one attached hydrogen (secondary N) is 1. The maximum atomic E-state index is 12.4. The molecule has 1 aliphatic rings. The van der Waals surface area contributed by atoms with Gasteiger partial charge in [-0.3, -0.25) is 29.5 Å². The number of rotatable bonds is 8. The minimum atomic E-state index is -0.900. The first kappa shape index (κ1) is 26.6. The molecule has 0 amide bonds. The number of hydrogen-bond acceptors (Lipinski definition) is 10. The lowest BCUT2D eigenvalue weighted by Gasteiger charge is -2.42. The van der Waals surface area contributed by atoms with E-state index in [0.717, 1.165) is 5.56 Å². The van der Waals surface area contributed by atoms with Crippen molar-refractivity contribution in [2.24, 2.45) is 0 Å². The summed E-state index contributed by atoms with van der Waals surface area (Å²) in [6.45, 7) is 6.84. The number of benzene rings is 1. The highest BCUT2D eigenvalue weighted by Gasteiger charge is 2.44. The fraction of sp³-hybridized carbons (Fsp3) is 0.609. The number of carbonyl (C=O) groups is 3. The van der Waals surface area contributed by atoms with Gasteiger partial charge in [-0.2, -0.15) is 0 Å². The molecule has 0 saturated carbocycles. The number of aromatic hydroxyl groups is 1. The lowest BCUT2D eigenvalue weighted by molar-refractivity contribution is -0.147. The molecular weight excluding hydrogens is 430 g/mol. The van der Waals surface area contributed by atoms with Crippen molar-refractivity contribution in [1.29, 1.82) is 0 Å². The molecule has 1 aromatic carbocycles. The van der Waals surface area contributed by atoms with Crippen LogP contribution in [0, 0.1) is 0 Å². The van der Waals surface area contributed by atoms with Gasteiger partial charge in [0.2, 0.25) is 0 Å². The van der Waals surface area contributed by atoms with Crippen molar-refractivity contribution in [3.05, 3.63) is 29.8 Å². The average Bonchev–Trinajstić information content (AvgIpc) is 3.02. The Morgan fingerprint density at radius 2 is 1.27 bits per heavy atom. The Kier molecular flexibility index (Phi) is 9.21. The van der Waals surface area contributed by atoms with E-state index in [1.54, 1.807) is 45.0 Å². The van der Waals surface area contributed by atoms with Gasteiger partial charge in [0.25, 0.3) is 0 Å². The SMILES string of the molecule is COC(=O)C(C)NC1(c2ccc(O)cc2)CN(C(C)C(=O)OC)CCN(C(C)C(=O)OC)C1. The van der Waals surface area contributed by atoms with Crippen LogP contribution in [0.15, 0.2) is 24.3 Å². The molecule has 1 aromatic rings. The van der Waals surface area contributed by atoms with Crippen molar-refractivity contribution >= 4 is 17.9 Å². The lowest BCUT2D eigenvalue weighted by Crippen LogP contribution is -2.61. The summed E-state index contributed by atoms with van der Waals surface area (Å²) in [5.74, 6) is -1.11. The minimum absolute atomic E-state index is 0.100. The summed E-state index contributed by atoms with van der Waals surface area (Å²) < 4.78 is 14.9. The normalized spacial score (nSPS) is 22.5. The van der Waals surface area contributed by atoms with Crippen LogP contribution in [0.2, 0.25) is 0 Å². The minimum Gasteiger partial charge on any atom is -0.508 e. The van der Waals surface area contributed by atoms with Crippen molar-refractivity contribution in [2.45, 2.75) is 44.4 Å². The molecule has 1 heterocycles. The van der Waals surface area contributed by atoms with Gasteiger partial charge in [-0.1, -0.05) is 12.1 Å². The second-order valence-electron chi connectivity index (χ2n) is 8.36. The van der Waals surface area contributed by atoms with Gasteiger partial charge in [-0.15, -0.1) is 0 Å². The summed E-state index contributed by atoms with van der Waals surface area (Å²) in [5, 5.41) is 13.3. The zero-order chi connectivity index (χ0) is 24.8. The van der Waals surface area contributed by atoms with Gasteiger partial charge in [0.05, 0.1) is 26.9 Å². The fourth-order valence-electron chi connectivity index (χ4n) is 4.25. The van der Waals surface area contributed by atoms with Crippen LogP contribution < -0.4 is 5.32 Å². The number of hydrogen-bond donors (Lipinski definition) is 2. The number of phenols is 1. The molecule has 0 aliphatic carbocycles. The summed E-state index contributed by atoms with van der Waals surface area (Å²) in [6.07, 6.45) is 0. The van der Waals surface area contributed by atoms with E-state index in [1.807, 2.05) is 9.80 Å². The molecule has 0 aromatic heterocycles. The Morgan fingerprint density at radius 3 is 1.67 bits per heavy atom. The second-order valence-corrected chi connectivity index (χ2v) is 8.36. The monoisotopic (exact) mass is 465 g/mol. The largest absolute Gasteiger partial charge is 0.508 e. The van der Waals surface area contributed by atoms with E-state index < -0.39 is 29.6 Å². The molecule has 33 heavy (non-hydrogen) atoms. The Bertz CT molecular complexity index is 798. The third-order valence-corrected chi connectivity index (χ3v) is 6.27. The van der Waals surface area contributed by atoms with Crippen molar-refractivity contribution in [1.82, 2.24) is 15.1 Å². The van der Waals surface area contributed by atoms with Crippen molar-refractivity contribution < 1.29 is 33.7 Å². The molecule has 3 atom stereocenters. The molecule has 0 spiro atoms. The number of esters is 3. The van der Waals surface area contributed by atoms with Crippen LogP contribution in [0.3, 0.4) is 0 Å². The van der Waals surface area contributed by atoms with Gasteiger partial charge in [0.15, 0.2) is 0 Å². The van der Waals surface area contributed by atoms with Gasteiger partial charge in [-0.25, -0.2) is 0 Å². The van der Waals surface area contributed by atoms with Gasteiger partial charge in [0.1, 0.15) is 23.9 Å². The molecule has 1 saturated heterocycles. The zero-order valence-electron chi connectivity index (χ0n) is 20.2. The predicted molar refractivity (Wildman–Crippen MR) is 121 cm³/mol. The third kappa shape index (κ3) is 6.21. The predicted octanol–water partition coefficient (Wildman–Crippen LogP) is 0.479. The molecule has 2 rings (SSSR count). The summed E-state index contributed by atoms with van der Waals surface area (Å²) in [7, 11) is 4.00. The molecule has 10 nitrogen and oxygen atoms in total. The first-order valence-corrected chi connectivity index (χ1v) is 10.9. The summed E-state index contributed by atoms with van der Waals surface area (Å²) in [6, 6.07) is 4.85. The van der Waals surface area contributed by atoms with Crippen LogP contribution >= 0.6 is 0 Å². The number of ether oxygens (including phenoxy) is 3. The van der Waals surface area contributed by atoms with Crippen LogP contribution in [0.5, 0.6) is 5.75 Å². The summed E-state index contributed by atoms with van der Waals surface area (Å²) >= 11 is 0. The van der Waals surface area contributed by atoms with Crippen LogP contribution in [0.4, 0.5) is 0 Å². The molecule has 1 aliphatic heterocycles. The number of methoxy groups -OCH3 is 3. The third-order valence-electron chi connectivity index (χ3n) is 6.27. The Morgan fingerprint density at radius 1 is 0.848 bits per heavy atom. The molecule has 1 fully saturated rings. The van der Waals surface area contributed by atoms with Gasteiger partial charge >= 0.3 is 17.9 Å². The van der Waals surface area contributed by atoms with Crippen molar-refractivity contribution in [2.75, 3.05) is 47.5 Å². The van der Waals surface area contributed by atoms with E-state index in [4.69, 9.17) is 14.2 Å². The van der Waals surface area contributed by atoms with Gasteiger partial charge < -0.3 is 19.3 Å². The molecule has 184 valence electrons. The maximum absolute atomic E-state index is 12.4. The van der Waals surface area contributed by atoms with E-state index in [9.17, 15) is 19.5 Å². The van der Waals surface area contributed by atoms with E-state index >= 15 is 0 Å². The first-order valence-electron chi connectivity index (χ1n) is 10.9. The molecule has 10 heteroatoms. The molecule has 2 N–H and O–H groups in total. The van der Waals surface area contributed by atoms with Crippen LogP contribution in [-0.2, 0) is 34.1 Å². The Hall–Kier alpha value is -2.69. The van der Waals surface area contributed by atoms with Crippen LogP contribution in [-0.4, -0.2) is 98.4 Å². The summed E-state index contributed by atoms with van der Waals surface area (Å²) in [4.78, 5) is 41.0. The maximum Gasteiger partial charge on any atom is 0.322 e. The second kappa shape index (κ2) is 11.4. The van der Waals surface area contributed by atoms with E-state index in [2.05, 4.69) is 5.32 Å². The highest BCUT2D eigenvalue weighted by atomic mass is 16.5. The lowest BCUT2D eigenvalue weighted by atomic mass is 9.87. The Labute approximate surface area is 194 Å². The Balaban J connectivity index is 2.61. The van der Waals surface area contributed by atoms with Gasteiger partial charge in [0, 0.05) is 26.2 Å². The first-order chi connectivity index (χ1) is 15.6. The van der Waals surface area contributed by atoms with Crippen molar-refractivity contribution in [3.8, 4) is 5.75 Å². The van der Waals surface area contributed by atoms with Crippen LogP contribution in [0.25, 0.3) is 0 Å². The highest BCUT2D eigenvalue weighted by Crippen LogP contribution is 2.30. The van der Waals surface area contributed by atoms with E-state index in [1.165, 1.54) is 21.3 Å². The van der Waals surface area contributed by atoms with Crippen LogP contribution in [0.1, 0.15) is 26.3 Å². The highest BCUT2D eigenvalue weighted by molar-refractivity contribution is 5.76. The molecule has 0 radical (unpaired) electrons. The quantitative estimate of drug-likeness (QED) is 0.415. The number of phenolic OH excluding ortho intramolecular Hbond substituents is 1. The number of carbonyl (C=O) groups excluding carboxylic acids is 3. The standard InChI is InChI=1S/C23H35N3O7/c1-15(20(28)31-4)24-23(18-7-9-19(27)10-8-18)13-25(16(2)21(29)32-5)11-12-26(14-23)17(3)22(30)33-6/h7-10,15-17,24,27H,11-14H2,1-6H3. The van der Waals surface area contributed by atoms with Crippen molar-refractivity contribution in [3.63, 3.8) is 0 Å². The smallest absolute Gasteiger partial charge is 0.322 e. The van der Waals surface area contributed by atoms with E-state index in [0.29, 0.717) is 26.2 Å². The fourth-order valence-corrected chi connectivity index (χ4v) is 4.25. The number of nitrogens with zero attached hydrogens (tertiary/aromatic N) is 2. The van der Waals surface area contributed by atoms with Gasteiger partial charge in [-0.05, 0) is 38.5 Å². The topological polar surface area (TPSA) is 118 Å². The average molecular weight is 466 g/mol. The molecular formula is C23H35N3O7. The zero-order valence-corrected chi connectivity index (χ0v) is 20.2.